The molecule has 154 valence electrons. The number of anilines is 1. The number of halogens is 1. The molecule has 1 aliphatic heterocycles. The number of ether oxygens (including phenoxy) is 1. The van der Waals surface area contributed by atoms with Crippen LogP contribution in [0, 0.1) is 0 Å². The summed E-state index contributed by atoms with van der Waals surface area (Å²) >= 11 is 1.50. The van der Waals surface area contributed by atoms with Gasteiger partial charge in [0.15, 0.2) is 5.96 Å². The van der Waals surface area contributed by atoms with Gasteiger partial charge in [-0.15, -0.1) is 24.0 Å². The SMILES string of the molecule is CCNC(=NCc1ccc(OC)cc1)N1CCN(c2nc(CC)ns2)CC1.I. The normalized spacial score (nSPS) is 14.6. The first kappa shape index (κ1) is 22.7. The van der Waals surface area contributed by atoms with E-state index in [1.165, 1.54) is 17.1 Å². The van der Waals surface area contributed by atoms with Crippen molar-refractivity contribution in [3.8, 4) is 5.75 Å². The number of aromatic nitrogens is 2. The van der Waals surface area contributed by atoms with Crippen LogP contribution in [0.2, 0.25) is 0 Å². The molecule has 0 amide bonds. The number of piperazine rings is 1. The fraction of sp³-hybridized carbons (Fsp3) is 0.526. The molecule has 0 aliphatic carbocycles. The van der Waals surface area contributed by atoms with E-state index >= 15 is 0 Å². The van der Waals surface area contributed by atoms with Gasteiger partial charge < -0.3 is 19.9 Å². The van der Waals surface area contributed by atoms with Crippen molar-refractivity contribution in [3.05, 3.63) is 35.7 Å². The van der Waals surface area contributed by atoms with Crippen molar-refractivity contribution in [2.45, 2.75) is 26.8 Å². The van der Waals surface area contributed by atoms with Crippen molar-refractivity contribution >= 4 is 46.6 Å². The van der Waals surface area contributed by atoms with E-state index in [2.05, 4.69) is 50.5 Å². The highest BCUT2D eigenvalue weighted by Gasteiger charge is 2.22. The highest BCUT2D eigenvalue weighted by Crippen LogP contribution is 2.19. The Labute approximate surface area is 188 Å². The summed E-state index contributed by atoms with van der Waals surface area (Å²) in [4.78, 5) is 14.1. The molecule has 1 aromatic carbocycles. The average Bonchev–Trinajstić information content (AvgIpc) is 3.21. The predicted octanol–water partition coefficient (Wildman–Crippen LogP) is 3.01. The smallest absolute Gasteiger partial charge is 0.205 e. The minimum atomic E-state index is 0. The first-order chi connectivity index (χ1) is 13.2. The summed E-state index contributed by atoms with van der Waals surface area (Å²) in [6.45, 7) is 9.43. The van der Waals surface area contributed by atoms with Gasteiger partial charge in [-0.2, -0.15) is 4.37 Å². The van der Waals surface area contributed by atoms with Crippen LogP contribution in [0.1, 0.15) is 25.2 Å². The molecule has 7 nitrogen and oxygen atoms in total. The van der Waals surface area contributed by atoms with Crippen molar-refractivity contribution < 1.29 is 4.74 Å². The Kier molecular flexibility index (Phi) is 9.23. The maximum atomic E-state index is 5.21. The Morgan fingerprint density at radius 3 is 2.46 bits per heavy atom. The lowest BCUT2D eigenvalue weighted by Gasteiger charge is -2.36. The first-order valence-electron chi connectivity index (χ1n) is 9.47. The topological polar surface area (TPSA) is 65.9 Å². The molecule has 0 atom stereocenters. The molecule has 9 heteroatoms. The third kappa shape index (κ3) is 5.94. The van der Waals surface area contributed by atoms with Gasteiger partial charge in [-0.1, -0.05) is 19.1 Å². The number of aryl methyl sites for hydroxylation is 1. The standard InChI is InChI=1S/C19H28N6OS.HI/c1-4-17-22-19(27-23-17)25-12-10-24(11-13-25)18(20-5-2)21-14-15-6-8-16(26-3)9-7-15;/h6-9H,4-5,10-14H2,1-3H3,(H,20,21);1H. The maximum Gasteiger partial charge on any atom is 0.205 e. The number of benzene rings is 1. The molecule has 3 rings (SSSR count). The van der Waals surface area contributed by atoms with E-state index in [0.717, 1.165) is 61.8 Å². The lowest BCUT2D eigenvalue weighted by molar-refractivity contribution is 0.372. The Bertz CT molecular complexity index is 743. The molecule has 1 fully saturated rings. The van der Waals surface area contributed by atoms with Gasteiger partial charge in [0.25, 0.3) is 0 Å². The summed E-state index contributed by atoms with van der Waals surface area (Å²) < 4.78 is 9.61. The van der Waals surface area contributed by atoms with Crippen LogP contribution in [-0.4, -0.2) is 60.1 Å². The fourth-order valence-corrected chi connectivity index (χ4v) is 3.75. The molecule has 0 spiro atoms. The zero-order valence-electron chi connectivity index (χ0n) is 16.7. The van der Waals surface area contributed by atoms with E-state index in [4.69, 9.17) is 9.73 Å². The monoisotopic (exact) mass is 516 g/mol. The summed E-state index contributed by atoms with van der Waals surface area (Å²) in [5.74, 6) is 2.78. The molecular formula is C19H29IN6OS. The second-order valence-corrected chi connectivity index (χ2v) is 7.07. The number of methoxy groups -OCH3 is 1. The van der Waals surface area contributed by atoms with Crippen LogP contribution in [0.15, 0.2) is 29.3 Å². The van der Waals surface area contributed by atoms with Crippen molar-refractivity contribution in [1.29, 1.82) is 0 Å². The number of hydrogen-bond acceptors (Lipinski definition) is 6. The molecule has 0 saturated carbocycles. The molecule has 0 bridgehead atoms. The summed E-state index contributed by atoms with van der Waals surface area (Å²) in [6, 6.07) is 8.07. The molecule has 2 heterocycles. The molecule has 1 aliphatic rings. The Morgan fingerprint density at radius 1 is 1.18 bits per heavy atom. The summed E-state index contributed by atoms with van der Waals surface area (Å²) in [7, 11) is 1.68. The van der Waals surface area contributed by atoms with Crippen molar-refractivity contribution in [3.63, 3.8) is 0 Å². The van der Waals surface area contributed by atoms with Crippen LogP contribution in [0.25, 0.3) is 0 Å². The minimum absolute atomic E-state index is 0. The number of aliphatic imine (C=N–C) groups is 1. The highest BCUT2D eigenvalue weighted by atomic mass is 127. The van der Waals surface area contributed by atoms with Crippen molar-refractivity contribution in [2.75, 3.05) is 44.7 Å². The van der Waals surface area contributed by atoms with Gasteiger partial charge in [0.2, 0.25) is 5.13 Å². The molecule has 1 N–H and O–H groups in total. The van der Waals surface area contributed by atoms with Crippen LogP contribution >= 0.6 is 35.5 Å². The average molecular weight is 516 g/mol. The van der Waals surface area contributed by atoms with Gasteiger partial charge in [-0.05, 0) is 24.6 Å². The predicted molar refractivity (Wildman–Crippen MR) is 126 cm³/mol. The third-order valence-corrected chi connectivity index (χ3v) is 5.34. The van der Waals surface area contributed by atoms with Crippen LogP contribution in [-0.2, 0) is 13.0 Å². The van der Waals surface area contributed by atoms with E-state index in [1.54, 1.807) is 7.11 Å². The van der Waals surface area contributed by atoms with E-state index in [9.17, 15) is 0 Å². The second kappa shape index (κ2) is 11.4. The lowest BCUT2D eigenvalue weighted by Crippen LogP contribution is -2.52. The summed E-state index contributed by atoms with van der Waals surface area (Å²) in [6.07, 6.45) is 0.888. The van der Waals surface area contributed by atoms with Crippen molar-refractivity contribution in [2.24, 2.45) is 4.99 Å². The Hall–Kier alpha value is -1.62. The van der Waals surface area contributed by atoms with Gasteiger partial charge in [-0.25, -0.2) is 9.98 Å². The Balaban J connectivity index is 0.00000280. The van der Waals surface area contributed by atoms with E-state index < -0.39 is 0 Å². The largest absolute Gasteiger partial charge is 0.497 e. The second-order valence-electron chi connectivity index (χ2n) is 6.34. The van der Waals surface area contributed by atoms with Crippen LogP contribution in [0.4, 0.5) is 5.13 Å². The molecule has 2 aromatic rings. The number of hydrogen-bond donors (Lipinski definition) is 1. The van der Waals surface area contributed by atoms with Crippen LogP contribution < -0.4 is 15.0 Å². The number of rotatable bonds is 6. The number of guanidine groups is 1. The summed E-state index contributed by atoms with van der Waals surface area (Å²) in [5, 5.41) is 4.45. The molecule has 0 radical (unpaired) electrons. The zero-order valence-corrected chi connectivity index (χ0v) is 19.9. The highest BCUT2D eigenvalue weighted by molar-refractivity contribution is 14.0. The summed E-state index contributed by atoms with van der Waals surface area (Å²) in [5.41, 5.74) is 1.17. The molecular weight excluding hydrogens is 487 g/mol. The molecule has 1 saturated heterocycles. The van der Waals surface area contributed by atoms with Gasteiger partial charge in [0.05, 0.1) is 13.7 Å². The fourth-order valence-electron chi connectivity index (χ4n) is 2.95. The third-order valence-electron chi connectivity index (χ3n) is 4.53. The van der Waals surface area contributed by atoms with E-state index in [0.29, 0.717) is 6.54 Å². The van der Waals surface area contributed by atoms with Crippen LogP contribution in [0.3, 0.4) is 0 Å². The number of nitrogens with one attached hydrogen (secondary N) is 1. The lowest BCUT2D eigenvalue weighted by atomic mass is 10.2. The maximum absolute atomic E-state index is 5.21. The van der Waals surface area contributed by atoms with Gasteiger partial charge in [0.1, 0.15) is 11.6 Å². The minimum Gasteiger partial charge on any atom is -0.497 e. The van der Waals surface area contributed by atoms with Gasteiger partial charge in [-0.3, -0.25) is 0 Å². The van der Waals surface area contributed by atoms with Gasteiger partial charge >= 0.3 is 0 Å². The quantitative estimate of drug-likeness (QED) is 0.362. The van der Waals surface area contributed by atoms with Crippen LogP contribution in [0.5, 0.6) is 5.75 Å². The number of nitrogens with zero attached hydrogens (tertiary/aromatic N) is 5. The van der Waals surface area contributed by atoms with E-state index in [1.807, 2.05) is 12.1 Å². The Morgan fingerprint density at radius 2 is 1.89 bits per heavy atom. The molecule has 28 heavy (non-hydrogen) atoms. The molecule has 0 unspecified atom stereocenters. The van der Waals surface area contributed by atoms with Gasteiger partial charge in [0, 0.05) is 50.7 Å². The zero-order chi connectivity index (χ0) is 19.1. The first-order valence-corrected chi connectivity index (χ1v) is 10.2. The van der Waals surface area contributed by atoms with E-state index in [-0.39, 0.29) is 24.0 Å². The van der Waals surface area contributed by atoms with Crippen molar-refractivity contribution in [1.82, 2.24) is 19.6 Å². The molecule has 1 aromatic heterocycles.